The zero-order valence-corrected chi connectivity index (χ0v) is 12.9. The molecule has 23 heavy (non-hydrogen) atoms. The van der Waals surface area contributed by atoms with E-state index in [1.165, 1.54) is 17.7 Å². The van der Waals surface area contributed by atoms with Crippen LogP contribution in [0.15, 0.2) is 53.6 Å². The van der Waals surface area contributed by atoms with E-state index < -0.39 is 10.8 Å². The molecule has 0 aliphatic rings. The van der Waals surface area contributed by atoms with E-state index in [9.17, 15) is 14.9 Å². The van der Waals surface area contributed by atoms with Crippen molar-refractivity contribution >= 4 is 29.4 Å². The average molecular weight is 332 g/mol. The first-order valence-electron chi connectivity index (χ1n) is 6.87. The topological polar surface area (TPSA) is 84.6 Å². The SMILES string of the molecule is O=C(N/N=C/CCc1ccccc1)c1ccc([N+](=O)[O-])cc1Cl. The summed E-state index contributed by atoms with van der Waals surface area (Å²) < 4.78 is 0. The summed E-state index contributed by atoms with van der Waals surface area (Å²) in [4.78, 5) is 21.9. The molecule has 0 fully saturated rings. The third-order valence-corrected chi connectivity index (χ3v) is 3.38. The van der Waals surface area contributed by atoms with Gasteiger partial charge in [-0.25, -0.2) is 5.43 Å². The average Bonchev–Trinajstić information content (AvgIpc) is 2.55. The van der Waals surface area contributed by atoms with Gasteiger partial charge < -0.3 is 0 Å². The summed E-state index contributed by atoms with van der Waals surface area (Å²) in [6.45, 7) is 0. The van der Waals surface area contributed by atoms with E-state index in [1.807, 2.05) is 30.3 Å². The van der Waals surface area contributed by atoms with Crippen LogP contribution in [0.3, 0.4) is 0 Å². The molecule has 0 spiro atoms. The monoisotopic (exact) mass is 331 g/mol. The van der Waals surface area contributed by atoms with Crippen molar-refractivity contribution in [2.75, 3.05) is 0 Å². The molecular formula is C16H14ClN3O3. The highest BCUT2D eigenvalue weighted by molar-refractivity contribution is 6.34. The van der Waals surface area contributed by atoms with Crippen molar-refractivity contribution in [2.45, 2.75) is 12.8 Å². The van der Waals surface area contributed by atoms with Crippen LogP contribution in [0.25, 0.3) is 0 Å². The summed E-state index contributed by atoms with van der Waals surface area (Å²) in [5.41, 5.74) is 3.50. The summed E-state index contributed by atoms with van der Waals surface area (Å²) in [5.74, 6) is -0.513. The van der Waals surface area contributed by atoms with E-state index in [4.69, 9.17) is 11.6 Å². The van der Waals surface area contributed by atoms with Crippen molar-refractivity contribution in [3.05, 3.63) is 74.8 Å². The maximum atomic E-state index is 11.9. The number of hydrazone groups is 1. The van der Waals surface area contributed by atoms with Crippen molar-refractivity contribution in [3.63, 3.8) is 0 Å². The summed E-state index contributed by atoms with van der Waals surface area (Å²) in [6.07, 6.45) is 3.10. The molecule has 0 saturated heterocycles. The molecule has 0 unspecified atom stereocenters. The molecule has 7 heteroatoms. The number of nitro groups is 1. The summed E-state index contributed by atoms with van der Waals surface area (Å²) in [6, 6.07) is 13.6. The molecule has 1 N–H and O–H groups in total. The van der Waals surface area contributed by atoms with Gasteiger partial charge in [-0.15, -0.1) is 0 Å². The van der Waals surface area contributed by atoms with Gasteiger partial charge in [-0.3, -0.25) is 14.9 Å². The van der Waals surface area contributed by atoms with E-state index in [0.29, 0.717) is 6.42 Å². The molecule has 0 saturated carbocycles. The number of non-ortho nitro benzene ring substituents is 1. The van der Waals surface area contributed by atoms with Crippen molar-refractivity contribution in [1.29, 1.82) is 0 Å². The highest BCUT2D eigenvalue weighted by atomic mass is 35.5. The number of rotatable bonds is 6. The van der Waals surface area contributed by atoms with Crippen LogP contribution in [0.4, 0.5) is 5.69 Å². The lowest BCUT2D eigenvalue weighted by molar-refractivity contribution is -0.384. The van der Waals surface area contributed by atoms with E-state index in [1.54, 1.807) is 6.21 Å². The second kappa shape index (κ2) is 8.05. The first-order chi connectivity index (χ1) is 11.1. The molecule has 0 aliphatic heterocycles. The Morgan fingerprint density at radius 3 is 2.65 bits per heavy atom. The van der Waals surface area contributed by atoms with Gasteiger partial charge in [-0.2, -0.15) is 5.10 Å². The Balaban J connectivity index is 1.87. The molecule has 0 aliphatic carbocycles. The van der Waals surface area contributed by atoms with E-state index in [-0.39, 0.29) is 16.3 Å². The second-order valence-corrected chi connectivity index (χ2v) is 5.11. The first kappa shape index (κ1) is 16.6. The molecule has 2 aromatic carbocycles. The third-order valence-electron chi connectivity index (χ3n) is 3.07. The second-order valence-electron chi connectivity index (χ2n) is 4.70. The number of hydrogen-bond donors (Lipinski definition) is 1. The van der Waals surface area contributed by atoms with Crippen molar-refractivity contribution in [3.8, 4) is 0 Å². The van der Waals surface area contributed by atoms with Crippen molar-refractivity contribution in [2.24, 2.45) is 5.10 Å². The van der Waals surface area contributed by atoms with E-state index >= 15 is 0 Å². The minimum atomic E-state index is -0.574. The highest BCUT2D eigenvalue weighted by Gasteiger charge is 2.14. The quantitative estimate of drug-likeness (QED) is 0.498. The lowest BCUT2D eigenvalue weighted by Crippen LogP contribution is -2.18. The summed E-state index contributed by atoms with van der Waals surface area (Å²) in [5, 5.41) is 14.5. The van der Waals surface area contributed by atoms with Crippen LogP contribution in [-0.4, -0.2) is 17.0 Å². The molecule has 0 radical (unpaired) electrons. The van der Waals surface area contributed by atoms with Crippen LogP contribution in [-0.2, 0) is 6.42 Å². The fourth-order valence-corrected chi connectivity index (χ4v) is 2.17. The minimum Gasteiger partial charge on any atom is -0.267 e. The Bertz CT molecular complexity index is 733. The Labute approximate surface area is 137 Å². The molecular weight excluding hydrogens is 318 g/mol. The fourth-order valence-electron chi connectivity index (χ4n) is 1.91. The molecule has 0 heterocycles. The van der Waals surface area contributed by atoms with Crippen molar-refractivity contribution in [1.82, 2.24) is 5.43 Å². The molecule has 6 nitrogen and oxygen atoms in total. The Kier molecular flexibility index (Phi) is 5.82. The van der Waals surface area contributed by atoms with Gasteiger partial charge in [0.25, 0.3) is 11.6 Å². The Morgan fingerprint density at radius 2 is 2.00 bits per heavy atom. The Morgan fingerprint density at radius 1 is 1.26 bits per heavy atom. The van der Waals surface area contributed by atoms with Crippen LogP contribution in [0, 0.1) is 10.1 Å². The Hall–Kier alpha value is -2.73. The van der Waals surface area contributed by atoms with Gasteiger partial charge in [0.1, 0.15) is 0 Å². The number of nitrogens with zero attached hydrogens (tertiary/aromatic N) is 2. The standard InChI is InChI=1S/C16H14ClN3O3/c17-15-11-13(20(22)23)8-9-14(15)16(21)19-18-10-4-7-12-5-2-1-3-6-12/h1-3,5-6,8-11H,4,7H2,(H,19,21)/b18-10+. The smallest absolute Gasteiger partial charge is 0.267 e. The zero-order chi connectivity index (χ0) is 16.7. The number of carbonyl (C=O) groups is 1. The maximum absolute atomic E-state index is 11.9. The first-order valence-corrected chi connectivity index (χ1v) is 7.25. The molecule has 0 aromatic heterocycles. The number of amides is 1. The van der Waals surface area contributed by atoms with Crippen LogP contribution in [0.1, 0.15) is 22.3 Å². The van der Waals surface area contributed by atoms with Gasteiger partial charge >= 0.3 is 0 Å². The molecule has 1 amide bonds. The van der Waals surface area contributed by atoms with E-state index in [2.05, 4.69) is 10.5 Å². The normalized spacial score (nSPS) is 10.7. The summed E-state index contributed by atoms with van der Waals surface area (Å²) >= 11 is 5.87. The van der Waals surface area contributed by atoms with Crippen LogP contribution < -0.4 is 5.43 Å². The number of carbonyl (C=O) groups excluding carboxylic acids is 1. The van der Waals surface area contributed by atoms with Crippen molar-refractivity contribution < 1.29 is 9.72 Å². The maximum Gasteiger partial charge on any atom is 0.272 e. The molecule has 2 rings (SSSR count). The predicted molar refractivity (Wildman–Crippen MR) is 88.8 cm³/mol. The van der Waals surface area contributed by atoms with Gasteiger partial charge in [0.2, 0.25) is 0 Å². The van der Waals surface area contributed by atoms with Gasteiger partial charge in [0, 0.05) is 18.3 Å². The number of benzene rings is 2. The molecule has 118 valence electrons. The van der Waals surface area contributed by atoms with Gasteiger partial charge in [0.05, 0.1) is 15.5 Å². The van der Waals surface area contributed by atoms with E-state index in [0.717, 1.165) is 12.5 Å². The number of aryl methyl sites for hydroxylation is 1. The van der Waals surface area contributed by atoms with Gasteiger partial charge in [-0.1, -0.05) is 41.9 Å². The zero-order valence-electron chi connectivity index (χ0n) is 12.1. The number of halogens is 1. The molecule has 0 bridgehead atoms. The third kappa shape index (κ3) is 4.89. The lowest BCUT2D eigenvalue weighted by atomic mass is 10.1. The van der Waals surface area contributed by atoms with Gasteiger partial charge in [-0.05, 0) is 24.5 Å². The number of nitrogens with one attached hydrogen (secondary N) is 1. The highest BCUT2D eigenvalue weighted by Crippen LogP contribution is 2.22. The minimum absolute atomic E-state index is 0.0104. The lowest BCUT2D eigenvalue weighted by Gasteiger charge is -2.02. The molecule has 0 atom stereocenters. The fraction of sp³-hybridized carbons (Fsp3) is 0.125. The number of hydrogen-bond acceptors (Lipinski definition) is 4. The molecule has 2 aromatic rings. The largest absolute Gasteiger partial charge is 0.272 e. The predicted octanol–water partition coefficient (Wildman–Crippen LogP) is 3.60. The van der Waals surface area contributed by atoms with Crippen LogP contribution in [0.2, 0.25) is 5.02 Å². The van der Waals surface area contributed by atoms with Crippen LogP contribution >= 0.6 is 11.6 Å². The van der Waals surface area contributed by atoms with Gasteiger partial charge in [0.15, 0.2) is 0 Å². The summed E-state index contributed by atoms with van der Waals surface area (Å²) in [7, 11) is 0. The number of nitro benzene ring substituents is 1. The van der Waals surface area contributed by atoms with Crippen LogP contribution in [0.5, 0.6) is 0 Å².